The first-order valence-corrected chi connectivity index (χ1v) is 9.42. The van der Waals surface area contributed by atoms with E-state index in [0.717, 1.165) is 5.56 Å². The molecule has 2 aromatic carbocycles. The number of rotatable bonds is 8. The highest BCUT2D eigenvalue weighted by Crippen LogP contribution is 2.26. The number of carbonyl (C=O) groups is 2. The van der Waals surface area contributed by atoms with Crippen molar-refractivity contribution in [3.63, 3.8) is 0 Å². The zero-order chi connectivity index (χ0) is 19.8. The average Bonchev–Trinajstić information content (AvgIpc) is 2.61. The molecule has 7 heteroatoms. The monoisotopic (exact) mass is 392 g/mol. The Labute approximate surface area is 161 Å². The molecule has 0 fully saturated rings. The highest BCUT2D eigenvalue weighted by Gasteiger charge is 2.24. The van der Waals surface area contributed by atoms with Crippen LogP contribution in [0.5, 0.6) is 0 Å². The average molecular weight is 392 g/mol. The van der Waals surface area contributed by atoms with Crippen molar-refractivity contribution in [2.75, 3.05) is 5.32 Å². The molecule has 1 atom stereocenters. The third-order valence-electron chi connectivity index (χ3n) is 3.82. The van der Waals surface area contributed by atoms with E-state index in [-0.39, 0.29) is 24.2 Å². The lowest BCUT2D eigenvalue weighted by atomic mass is 10.0. The third-order valence-corrected chi connectivity index (χ3v) is 4.54. The van der Waals surface area contributed by atoms with Crippen LogP contribution in [0.2, 0.25) is 0 Å². The van der Waals surface area contributed by atoms with Crippen LogP contribution in [0, 0.1) is 5.92 Å². The van der Waals surface area contributed by atoms with Gasteiger partial charge in [0, 0.05) is 10.6 Å². The normalized spacial score (nSPS) is 12.1. The molecule has 0 heterocycles. The summed E-state index contributed by atoms with van der Waals surface area (Å²) in [5.41, 5.74) is 1.35. The van der Waals surface area contributed by atoms with Gasteiger partial charge in [-0.25, -0.2) is 0 Å². The molecule has 27 heavy (non-hydrogen) atoms. The van der Waals surface area contributed by atoms with Crippen molar-refractivity contribution in [3.05, 3.63) is 60.2 Å². The fraction of sp³-hybridized carbons (Fsp3) is 0.300. The van der Waals surface area contributed by atoms with Gasteiger partial charge in [-0.05, 0) is 35.7 Å². The molecule has 0 saturated heterocycles. The summed E-state index contributed by atoms with van der Waals surface area (Å²) in [7, 11) is 0. The van der Waals surface area contributed by atoms with Crippen LogP contribution in [-0.2, 0) is 16.0 Å². The molecule has 0 bridgehead atoms. The maximum Gasteiger partial charge on any atom is 0.288 e. The fourth-order valence-electron chi connectivity index (χ4n) is 2.48. The van der Waals surface area contributed by atoms with E-state index < -0.39 is 11.8 Å². The molecule has 0 aliphatic heterocycles. The van der Waals surface area contributed by atoms with E-state index in [2.05, 4.69) is 10.6 Å². The van der Waals surface area contributed by atoms with Crippen LogP contribution in [0.4, 0.5) is 14.5 Å². The van der Waals surface area contributed by atoms with Gasteiger partial charge in [-0.15, -0.1) is 0 Å². The van der Waals surface area contributed by atoms with E-state index in [0.29, 0.717) is 22.3 Å². The lowest BCUT2D eigenvalue weighted by molar-refractivity contribution is -0.127. The second-order valence-corrected chi connectivity index (χ2v) is 7.41. The van der Waals surface area contributed by atoms with E-state index >= 15 is 0 Å². The smallest absolute Gasteiger partial charge is 0.288 e. The lowest BCUT2D eigenvalue weighted by Crippen LogP contribution is -2.47. The van der Waals surface area contributed by atoms with Crippen LogP contribution in [0.25, 0.3) is 0 Å². The van der Waals surface area contributed by atoms with Gasteiger partial charge in [-0.1, -0.05) is 55.9 Å². The van der Waals surface area contributed by atoms with Crippen molar-refractivity contribution in [2.45, 2.75) is 37.0 Å². The van der Waals surface area contributed by atoms with Crippen LogP contribution < -0.4 is 10.6 Å². The Bertz CT molecular complexity index is 752. The Morgan fingerprint density at radius 2 is 1.63 bits per heavy atom. The number of nitrogens with one attached hydrogen (secondary N) is 2. The van der Waals surface area contributed by atoms with Crippen LogP contribution in [0.3, 0.4) is 0 Å². The van der Waals surface area contributed by atoms with E-state index in [4.69, 9.17) is 0 Å². The maximum absolute atomic E-state index is 12.6. The first-order chi connectivity index (χ1) is 12.8. The lowest BCUT2D eigenvalue weighted by Gasteiger charge is -2.22. The summed E-state index contributed by atoms with van der Waals surface area (Å²) in [6.07, 6.45) is 0.191. The molecule has 0 aromatic heterocycles. The number of hydrogen-bond acceptors (Lipinski definition) is 3. The zero-order valence-corrected chi connectivity index (χ0v) is 15.9. The Morgan fingerprint density at radius 3 is 2.19 bits per heavy atom. The first-order valence-electron chi connectivity index (χ1n) is 8.54. The summed E-state index contributed by atoms with van der Waals surface area (Å²) < 4.78 is 24.7. The van der Waals surface area contributed by atoms with Gasteiger partial charge in [-0.2, -0.15) is 8.78 Å². The minimum absolute atomic E-state index is 0.113. The number of anilines is 1. The van der Waals surface area contributed by atoms with Crippen molar-refractivity contribution in [1.82, 2.24) is 5.32 Å². The largest absolute Gasteiger partial charge is 0.344 e. The number of benzene rings is 2. The fourth-order valence-corrected chi connectivity index (χ4v) is 2.98. The first kappa shape index (κ1) is 20.9. The molecule has 0 aliphatic rings. The highest BCUT2D eigenvalue weighted by atomic mass is 32.2. The Hall–Kier alpha value is -2.41. The Balaban J connectivity index is 1.96. The zero-order valence-electron chi connectivity index (χ0n) is 15.1. The molecule has 2 rings (SSSR count). The molecule has 2 N–H and O–H groups in total. The quantitative estimate of drug-likeness (QED) is 0.658. The van der Waals surface area contributed by atoms with Gasteiger partial charge >= 0.3 is 0 Å². The summed E-state index contributed by atoms with van der Waals surface area (Å²) in [6, 6.07) is 14.7. The molecular weight excluding hydrogens is 370 g/mol. The molecule has 0 unspecified atom stereocenters. The van der Waals surface area contributed by atoms with E-state index in [1.54, 1.807) is 12.1 Å². The van der Waals surface area contributed by atoms with Gasteiger partial charge in [0.15, 0.2) is 0 Å². The van der Waals surface area contributed by atoms with Gasteiger partial charge in [-0.3, -0.25) is 9.59 Å². The molecule has 0 saturated carbocycles. The summed E-state index contributed by atoms with van der Waals surface area (Å²) in [5, 5.41) is 5.49. The van der Waals surface area contributed by atoms with Crippen molar-refractivity contribution in [2.24, 2.45) is 5.92 Å². The van der Waals surface area contributed by atoms with E-state index in [1.165, 1.54) is 12.1 Å². The topological polar surface area (TPSA) is 58.2 Å². The minimum atomic E-state index is -2.49. The van der Waals surface area contributed by atoms with Gasteiger partial charge < -0.3 is 10.6 Å². The van der Waals surface area contributed by atoms with Gasteiger partial charge in [0.1, 0.15) is 6.04 Å². The summed E-state index contributed by atoms with van der Waals surface area (Å²) in [4.78, 5) is 25.2. The second kappa shape index (κ2) is 10.1. The summed E-state index contributed by atoms with van der Waals surface area (Å²) in [6.45, 7) is 3.69. The number of thioether (sulfide) groups is 1. The molecule has 0 aliphatic carbocycles. The molecule has 0 spiro atoms. The van der Waals surface area contributed by atoms with Crippen LogP contribution in [0.15, 0.2) is 59.5 Å². The molecule has 4 nitrogen and oxygen atoms in total. The number of halogens is 2. The highest BCUT2D eigenvalue weighted by molar-refractivity contribution is 7.99. The summed E-state index contributed by atoms with van der Waals surface area (Å²) >= 11 is 0.443. The predicted octanol–water partition coefficient (Wildman–Crippen LogP) is 4.32. The van der Waals surface area contributed by atoms with E-state index in [1.807, 2.05) is 44.2 Å². The van der Waals surface area contributed by atoms with Crippen molar-refractivity contribution >= 4 is 29.3 Å². The van der Waals surface area contributed by atoms with Crippen LogP contribution in [0.1, 0.15) is 19.4 Å². The molecule has 0 radical (unpaired) electrons. The Morgan fingerprint density at radius 1 is 1.00 bits per heavy atom. The number of amides is 2. The van der Waals surface area contributed by atoms with Crippen LogP contribution >= 0.6 is 11.8 Å². The predicted molar refractivity (Wildman–Crippen MR) is 104 cm³/mol. The number of hydrogen-bond donors (Lipinski definition) is 2. The minimum Gasteiger partial charge on any atom is -0.344 e. The van der Waals surface area contributed by atoms with Crippen molar-refractivity contribution < 1.29 is 18.4 Å². The van der Waals surface area contributed by atoms with Crippen LogP contribution in [-0.4, -0.2) is 23.6 Å². The molecule has 144 valence electrons. The van der Waals surface area contributed by atoms with Crippen molar-refractivity contribution in [3.8, 4) is 0 Å². The van der Waals surface area contributed by atoms with Gasteiger partial charge in [0.05, 0.1) is 6.42 Å². The second-order valence-electron chi connectivity index (χ2n) is 6.34. The third kappa shape index (κ3) is 7.02. The molecular formula is C20H22F2N2O2S. The van der Waals surface area contributed by atoms with E-state index in [9.17, 15) is 18.4 Å². The Kier molecular flexibility index (Phi) is 7.79. The molecule has 2 amide bonds. The van der Waals surface area contributed by atoms with Gasteiger partial charge in [0.2, 0.25) is 11.8 Å². The van der Waals surface area contributed by atoms with Gasteiger partial charge in [0.25, 0.3) is 5.76 Å². The standard InChI is InChI=1S/C20H22F2N2O2S/c1-13(2)18(24-17(25)12-14-6-4-3-5-7-14)19(26)23-15-8-10-16(11-9-15)27-20(21)22/h3-11,13,18,20H,12H2,1-2H3,(H,23,26)(H,24,25)/t18-/m0/s1. The number of carbonyl (C=O) groups excluding carboxylic acids is 2. The molecule has 2 aromatic rings. The maximum atomic E-state index is 12.6. The van der Waals surface area contributed by atoms with Crippen molar-refractivity contribution in [1.29, 1.82) is 0 Å². The summed E-state index contributed by atoms with van der Waals surface area (Å²) in [5.74, 6) is -3.19. The SMILES string of the molecule is CC(C)[C@H](NC(=O)Cc1ccccc1)C(=O)Nc1ccc(SC(F)F)cc1. The number of alkyl halides is 2.